The summed E-state index contributed by atoms with van der Waals surface area (Å²) in [6.07, 6.45) is 0.658. The Morgan fingerprint density at radius 1 is 1.23 bits per heavy atom. The van der Waals surface area contributed by atoms with Crippen LogP contribution in [0.1, 0.15) is 23.5 Å². The summed E-state index contributed by atoms with van der Waals surface area (Å²) >= 11 is 1.36. The zero-order valence-electron chi connectivity index (χ0n) is 12.4. The molecule has 6 heteroatoms. The van der Waals surface area contributed by atoms with Crippen LogP contribution in [0, 0.1) is 0 Å². The normalized spacial score (nSPS) is 20.1. The van der Waals surface area contributed by atoms with Gasteiger partial charge in [-0.05, 0) is 24.1 Å². The van der Waals surface area contributed by atoms with Crippen molar-refractivity contribution in [3.8, 4) is 0 Å². The summed E-state index contributed by atoms with van der Waals surface area (Å²) in [6.45, 7) is 3.23. The molecule has 0 aliphatic carbocycles. The monoisotopic (exact) mass is 337 g/mol. The lowest BCUT2D eigenvalue weighted by molar-refractivity contribution is -0.00249. The maximum absolute atomic E-state index is 12.8. The van der Waals surface area contributed by atoms with E-state index in [1.165, 1.54) is 11.3 Å². The minimum atomic E-state index is -3.42. The van der Waals surface area contributed by atoms with Crippen molar-refractivity contribution in [2.24, 2.45) is 0 Å². The fourth-order valence-electron chi connectivity index (χ4n) is 2.53. The molecule has 1 aromatic carbocycles. The Bertz CT molecular complexity index is 725. The van der Waals surface area contributed by atoms with E-state index in [-0.39, 0.29) is 6.10 Å². The predicted molar refractivity (Wildman–Crippen MR) is 87.6 cm³/mol. The molecule has 0 N–H and O–H groups in total. The van der Waals surface area contributed by atoms with Crippen molar-refractivity contribution in [3.63, 3.8) is 0 Å². The van der Waals surface area contributed by atoms with Crippen molar-refractivity contribution >= 4 is 21.4 Å². The molecule has 0 radical (unpaired) electrons. The smallest absolute Gasteiger partial charge is 0.252 e. The number of thiophene rings is 1. The van der Waals surface area contributed by atoms with Crippen molar-refractivity contribution in [1.29, 1.82) is 0 Å². The topological polar surface area (TPSA) is 46.6 Å². The van der Waals surface area contributed by atoms with Crippen LogP contribution in [0.15, 0.2) is 46.7 Å². The highest BCUT2D eigenvalue weighted by Crippen LogP contribution is 2.29. The second-order valence-corrected chi connectivity index (χ2v) is 8.54. The third-order valence-electron chi connectivity index (χ3n) is 3.78. The number of morpholine rings is 1. The second kappa shape index (κ2) is 6.50. The standard InChI is InChI=1S/C16H19NO3S2/c1-2-14-8-9-16(21-14)22(18,19)17-10-11-20-15(12-17)13-6-4-3-5-7-13/h3-9,15H,2,10-12H2,1H3/t15-/m1/s1. The molecule has 4 nitrogen and oxygen atoms in total. The molecule has 118 valence electrons. The first kappa shape index (κ1) is 15.7. The Morgan fingerprint density at radius 3 is 2.68 bits per heavy atom. The number of ether oxygens (including phenoxy) is 1. The van der Waals surface area contributed by atoms with Crippen LogP contribution in [0.3, 0.4) is 0 Å². The van der Waals surface area contributed by atoms with Gasteiger partial charge in [0, 0.05) is 18.0 Å². The van der Waals surface area contributed by atoms with E-state index in [9.17, 15) is 8.42 Å². The van der Waals surface area contributed by atoms with Gasteiger partial charge in [0.15, 0.2) is 0 Å². The lowest BCUT2D eigenvalue weighted by Gasteiger charge is -2.32. The van der Waals surface area contributed by atoms with E-state index in [4.69, 9.17) is 4.74 Å². The van der Waals surface area contributed by atoms with Gasteiger partial charge in [-0.3, -0.25) is 0 Å². The van der Waals surface area contributed by atoms with Gasteiger partial charge in [0.25, 0.3) is 10.0 Å². The molecule has 22 heavy (non-hydrogen) atoms. The van der Waals surface area contributed by atoms with Crippen LogP contribution in [0.25, 0.3) is 0 Å². The Morgan fingerprint density at radius 2 is 2.00 bits per heavy atom. The highest BCUT2D eigenvalue weighted by atomic mass is 32.2. The van der Waals surface area contributed by atoms with Crippen molar-refractivity contribution in [1.82, 2.24) is 4.31 Å². The van der Waals surface area contributed by atoms with E-state index < -0.39 is 10.0 Å². The molecule has 0 saturated carbocycles. The summed E-state index contributed by atoms with van der Waals surface area (Å²) in [7, 11) is -3.42. The molecule has 0 unspecified atom stereocenters. The van der Waals surface area contributed by atoms with Gasteiger partial charge in [0.2, 0.25) is 0 Å². The Balaban J connectivity index is 1.82. The maximum atomic E-state index is 12.8. The molecule has 0 bridgehead atoms. The van der Waals surface area contributed by atoms with Gasteiger partial charge in [0.1, 0.15) is 4.21 Å². The molecule has 1 aliphatic heterocycles. The summed E-state index contributed by atoms with van der Waals surface area (Å²) in [5.74, 6) is 0. The number of rotatable bonds is 4. The molecular weight excluding hydrogens is 318 g/mol. The van der Waals surface area contributed by atoms with Crippen molar-refractivity contribution < 1.29 is 13.2 Å². The van der Waals surface area contributed by atoms with Crippen LogP contribution in [-0.2, 0) is 21.2 Å². The van der Waals surface area contributed by atoms with Gasteiger partial charge in [-0.2, -0.15) is 4.31 Å². The summed E-state index contributed by atoms with van der Waals surface area (Å²) in [6, 6.07) is 13.4. The van der Waals surface area contributed by atoms with Crippen molar-refractivity contribution in [2.75, 3.05) is 19.7 Å². The predicted octanol–water partition coefficient (Wildman–Crippen LogP) is 3.07. The molecule has 0 spiro atoms. The van der Waals surface area contributed by atoms with Crippen LogP contribution in [0.2, 0.25) is 0 Å². The average molecular weight is 337 g/mol. The molecule has 2 heterocycles. The molecule has 2 aromatic rings. The van der Waals surface area contributed by atoms with E-state index in [1.807, 2.05) is 43.3 Å². The SMILES string of the molecule is CCc1ccc(S(=O)(=O)N2CCO[C@@H](c3ccccc3)C2)s1. The number of hydrogen-bond acceptors (Lipinski definition) is 4. The van der Waals surface area contributed by atoms with Crippen molar-refractivity contribution in [3.05, 3.63) is 52.9 Å². The average Bonchev–Trinajstić information content (AvgIpc) is 3.06. The van der Waals surface area contributed by atoms with Gasteiger partial charge >= 0.3 is 0 Å². The number of nitrogens with zero attached hydrogens (tertiary/aromatic N) is 1. The molecule has 1 atom stereocenters. The zero-order valence-corrected chi connectivity index (χ0v) is 14.1. The Hall–Kier alpha value is -1.21. The largest absolute Gasteiger partial charge is 0.371 e. The van der Waals surface area contributed by atoms with Crippen molar-refractivity contribution in [2.45, 2.75) is 23.7 Å². The lowest BCUT2D eigenvalue weighted by Crippen LogP contribution is -2.41. The summed E-state index contributed by atoms with van der Waals surface area (Å²) in [4.78, 5) is 1.09. The first-order chi connectivity index (χ1) is 10.6. The Kier molecular flexibility index (Phi) is 4.63. The zero-order chi connectivity index (χ0) is 15.6. The van der Waals surface area contributed by atoms with E-state index in [0.717, 1.165) is 16.9 Å². The van der Waals surface area contributed by atoms with Crippen LogP contribution in [0.4, 0.5) is 0 Å². The maximum Gasteiger partial charge on any atom is 0.252 e. The van der Waals surface area contributed by atoms with E-state index in [0.29, 0.717) is 23.9 Å². The van der Waals surface area contributed by atoms with Gasteiger partial charge in [-0.15, -0.1) is 11.3 Å². The summed E-state index contributed by atoms with van der Waals surface area (Å²) in [5, 5.41) is 0. The number of aryl methyl sites for hydroxylation is 1. The third-order valence-corrected chi connectivity index (χ3v) is 7.34. The molecular formula is C16H19NO3S2. The molecule has 1 saturated heterocycles. The van der Waals surface area contributed by atoms with Crippen LogP contribution in [0.5, 0.6) is 0 Å². The fraction of sp³-hybridized carbons (Fsp3) is 0.375. The highest BCUT2D eigenvalue weighted by Gasteiger charge is 2.32. The first-order valence-electron chi connectivity index (χ1n) is 7.36. The number of hydrogen-bond donors (Lipinski definition) is 0. The first-order valence-corrected chi connectivity index (χ1v) is 9.62. The quantitative estimate of drug-likeness (QED) is 0.861. The minimum absolute atomic E-state index is 0.199. The molecule has 0 amide bonds. The molecule has 1 fully saturated rings. The minimum Gasteiger partial charge on any atom is -0.371 e. The number of benzene rings is 1. The number of sulfonamides is 1. The van der Waals surface area contributed by atoms with E-state index in [1.54, 1.807) is 10.4 Å². The van der Waals surface area contributed by atoms with Crippen LogP contribution >= 0.6 is 11.3 Å². The Labute approximate surface area is 135 Å². The molecule has 1 aromatic heterocycles. The van der Waals surface area contributed by atoms with Gasteiger partial charge in [-0.25, -0.2) is 8.42 Å². The molecule has 1 aliphatic rings. The fourth-order valence-corrected chi connectivity index (χ4v) is 5.40. The van der Waals surface area contributed by atoms with E-state index in [2.05, 4.69) is 0 Å². The highest BCUT2D eigenvalue weighted by molar-refractivity contribution is 7.91. The van der Waals surface area contributed by atoms with Gasteiger partial charge in [-0.1, -0.05) is 37.3 Å². The second-order valence-electron chi connectivity index (χ2n) is 5.21. The van der Waals surface area contributed by atoms with Gasteiger partial charge in [0.05, 0.1) is 12.7 Å². The lowest BCUT2D eigenvalue weighted by atomic mass is 10.1. The van der Waals surface area contributed by atoms with E-state index >= 15 is 0 Å². The molecule has 3 rings (SSSR count). The summed E-state index contributed by atoms with van der Waals surface area (Å²) < 4.78 is 33.3. The summed E-state index contributed by atoms with van der Waals surface area (Å²) in [5.41, 5.74) is 1.02. The van der Waals surface area contributed by atoms with Gasteiger partial charge < -0.3 is 4.74 Å². The van der Waals surface area contributed by atoms with Crippen LogP contribution in [-0.4, -0.2) is 32.4 Å². The van der Waals surface area contributed by atoms with Crippen LogP contribution < -0.4 is 0 Å². The third kappa shape index (κ3) is 3.10.